The van der Waals surface area contributed by atoms with Crippen LogP contribution in [0, 0.1) is 0 Å². The third-order valence-corrected chi connectivity index (χ3v) is 4.30. The maximum atomic E-state index is 11.1. The van der Waals surface area contributed by atoms with Crippen molar-refractivity contribution in [3.63, 3.8) is 0 Å². The van der Waals surface area contributed by atoms with Crippen LogP contribution in [0.2, 0.25) is 0 Å². The predicted molar refractivity (Wildman–Crippen MR) is 82.3 cm³/mol. The molecule has 110 valence electrons. The Morgan fingerprint density at radius 3 is 2.55 bits per heavy atom. The average Bonchev–Trinajstić information content (AvgIpc) is 2.46. The number of carbonyl (C=O) groups is 1. The van der Waals surface area contributed by atoms with Crippen molar-refractivity contribution in [1.82, 2.24) is 4.90 Å². The van der Waals surface area contributed by atoms with Crippen LogP contribution in [0.3, 0.4) is 0 Å². The summed E-state index contributed by atoms with van der Waals surface area (Å²) in [7, 11) is 0. The fraction of sp³-hybridized carbons (Fsp3) is 0.562. The van der Waals surface area contributed by atoms with Crippen LogP contribution >= 0.6 is 0 Å². The lowest BCUT2D eigenvalue weighted by atomic mass is 9.93. The Balaban J connectivity index is 2.08. The second kappa shape index (κ2) is 6.75. The largest absolute Gasteiger partial charge is 0.398 e. The van der Waals surface area contributed by atoms with Crippen LogP contribution in [-0.4, -0.2) is 23.4 Å². The SMILES string of the molecule is CCN(Cc1ccc(C(N)=O)cc1N)C1CCCCC1. The summed E-state index contributed by atoms with van der Waals surface area (Å²) in [5.41, 5.74) is 13.6. The molecule has 0 atom stereocenters. The maximum Gasteiger partial charge on any atom is 0.248 e. The molecule has 1 aliphatic carbocycles. The molecule has 0 aromatic heterocycles. The van der Waals surface area contributed by atoms with Gasteiger partial charge >= 0.3 is 0 Å². The van der Waals surface area contributed by atoms with Gasteiger partial charge in [0.05, 0.1) is 0 Å². The highest BCUT2D eigenvalue weighted by atomic mass is 16.1. The first-order chi connectivity index (χ1) is 9.61. The van der Waals surface area contributed by atoms with E-state index in [4.69, 9.17) is 11.5 Å². The summed E-state index contributed by atoms with van der Waals surface area (Å²) in [6.07, 6.45) is 6.60. The predicted octanol–water partition coefficient (Wildman–Crippen LogP) is 2.52. The molecule has 4 nitrogen and oxygen atoms in total. The summed E-state index contributed by atoms with van der Waals surface area (Å²) in [6, 6.07) is 6.06. The van der Waals surface area contributed by atoms with Gasteiger partial charge < -0.3 is 11.5 Å². The molecule has 0 spiro atoms. The zero-order valence-corrected chi connectivity index (χ0v) is 12.3. The van der Waals surface area contributed by atoms with Crippen molar-refractivity contribution in [2.24, 2.45) is 5.73 Å². The molecule has 0 heterocycles. The summed E-state index contributed by atoms with van der Waals surface area (Å²) in [5, 5.41) is 0. The maximum absolute atomic E-state index is 11.1. The van der Waals surface area contributed by atoms with Gasteiger partial charge in [-0.1, -0.05) is 32.3 Å². The molecular weight excluding hydrogens is 250 g/mol. The molecule has 1 amide bonds. The zero-order valence-electron chi connectivity index (χ0n) is 12.3. The third kappa shape index (κ3) is 3.51. The number of anilines is 1. The Morgan fingerprint density at radius 1 is 1.30 bits per heavy atom. The Labute approximate surface area is 121 Å². The van der Waals surface area contributed by atoms with Crippen molar-refractivity contribution in [3.8, 4) is 0 Å². The van der Waals surface area contributed by atoms with E-state index < -0.39 is 5.91 Å². The lowest BCUT2D eigenvalue weighted by Gasteiger charge is -2.33. The first kappa shape index (κ1) is 14.9. The smallest absolute Gasteiger partial charge is 0.248 e. The highest BCUT2D eigenvalue weighted by molar-refractivity contribution is 5.93. The number of hydrogen-bond donors (Lipinski definition) is 2. The highest BCUT2D eigenvalue weighted by Crippen LogP contribution is 2.25. The first-order valence-corrected chi connectivity index (χ1v) is 7.54. The van der Waals surface area contributed by atoms with E-state index in [0.29, 0.717) is 17.3 Å². The van der Waals surface area contributed by atoms with Gasteiger partial charge in [0.1, 0.15) is 0 Å². The van der Waals surface area contributed by atoms with Gasteiger partial charge in [0.25, 0.3) is 0 Å². The number of nitrogens with zero attached hydrogens (tertiary/aromatic N) is 1. The number of amides is 1. The molecule has 1 aliphatic rings. The number of rotatable bonds is 5. The van der Waals surface area contributed by atoms with Crippen LogP contribution in [0.4, 0.5) is 5.69 Å². The van der Waals surface area contributed by atoms with E-state index in [1.54, 1.807) is 12.1 Å². The second-order valence-corrected chi connectivity index (χ2v) is 5.63. The molecule has 0 radical (unpaired) electrons. The van der Waals surface area contributed by atoms with Crippen molar-refractivity contribution < 1.29 is 4.79 Å². The number of benzene rings is 1. The van der Waals surface area contributed by atoms with Gasteiger partial charge in [-0.3, -0.25) is 9.69 Å². The van der Waals surface area contributed by atoms with Gasteiger partial charge in [-0.2, -0.15) is 0 Å². The van der Waals surface area contributed by atoms with E-state index >= 15 is 0 Å². The van der Waals surface area contributed by atoms with Crippen LogP contribution in [-0.2, 0) is 6.54 Å². The Hall–Kier alpha value is -1.55. The van der Waals surface area contributed by atoms with Crippen molar-refractivity contribution in [1.29, 1.82) is 0 Å². The summed E-state index contributed by atoms with van der Waals surface area (Å²) >= 11 is 0. The summed E-state index contributed by atoms with van der Waals surface area (Å²) in [5.74, 6) is -0.428. The minimum Gasteiger partial charge on any atom is -0.398 e. The molecule has 1 aromatic carbocycles. The van der Waals surface area contributed by atoms with E-state index in [2.05, 4.69) is 11.8 Å². The van der Waals surface area contributed by atoms with Gasteiger partial charge in [-0.05, 0) is 37.1 Å². The standard InChI is InChI=1S/C16H25N3O/c1-2-19(14-6-4-3-5-7-14)11-13-9-8-12(16(18)20)10-15(13)17/h8-10,14H,2-7,11,17H2,1H3,(H2,18,20). The monoisotopic (exact) mass is 275 g/mol. The van der Waals surface area contributed by atoms with Gasteiger partial charge in [0.2, 0.25) is 5.91 Å². The second-order valence-electron chi connectivity index (χ2n) is 5.63. The molecule has 4 N–H and O–H groups in total. The zero-order chi connectivity index (χ0) is 14.5. The molecule has 0 aliphatic heterocycles. The number of carbonyl (C=O) groups excluding carboxylic acids is 1. The van der Waals surface area contributed by atoms with Gasteiger partial charge in [0, 0.05) is 23.8 Å². The summed E-state index contributed by atoms with van der Waals surface area (Å²) in [4.78, 5) is 13.6. The van der Waals surface area contributed by atoms with E-state index in [9.17, 15) is 4.79 Å². The van der Waals surface area contributed by atoms with Crippen molar-refractivity contribution >= 4 is 11.6 Å². The Kier molecular flexibility index (Phi) is 5.01. The Bertz CT molecular complexity index is 467. The minimum absolute atomic E-state index is 0.428. The quantitative estimate of drug-likeness (QED) is 0.811. The van der Waals surface area contributed by atoms with Crippen LogP contribution in [0.25, 0.3) is 0 Å². The average molecular weight is 275 g/mol. The molecule has 1 fully saturated rings. The summed E-state index contributed by atoms with van der Waals surface area (Å²) < 4.78 is 0. The van der Waals surface area contributed by atoms with Crippen LogP contribution in [0.1, 0.15) is 54.9 Å². The van der Waals surface area contributed by atoms with Crippen molar-refractivity contribution in [2.45, 2.75) is 51.6 Å². The Morgan fingerprint density at radius 2 is 2.00 bits per heavy atom. The van der Waals surface area contributed by atoms with Gasteiger partial charge in [-0.15, -0.1) is 0 Å². The molecule has 1 aromatic rings. The number of nitrogen functional groups attached to an aromatic ring is 1. The lowest BCUT2D eigenvalue weighted by molar-refractivity contribution is 0.1000. The number of primary amides is 1. The fourth-order valence-corrected chi connectivity index (χ4v) is 3.06. The minimum atomic E-state index is -0.428. The molecule has 2 rings (SSSR count). The fourth-order valence-electron chi connectivity index (χ4n) is 3.06. The topological polar surface area (TPSA) is 72.3 Å². The van der Waals surface area contributed by atoms with Crippen molar-refractivity contribution in [2.75, 3.05) is 12.3 Å². The highest BCUT2D eigenvalue weighted by Gasteiger charge is 2.20. The van der Waals surface area contributed by atoms with Gasteiger partial charge in [-0.25, -0.2) is 0 Å². The molecule has 0 bridgehead atoms. The van der Waals surface area contributed by atoms with Crippen LogP contribution < -0.4 is 11.5 Å². The van der Waals surface area contributed by atoms with Crippen molar-refractivity contribution in [3.05, 3.63) is 29.3 Å². The first-order valence-electron chi connectivity index (χ1n) is 7.54. The van der Waals surface area contributed by atoms with E-state index in [0.717, 1.165) is 18.7 Å². The molecular formula is C16H25N3O. The van der Waals surface area contributed by atoms with E-state index in [1.165, 1.54) is 32.1 Å². The normalized spacial score (nSPS) is 16.5. The lowest BCUT2D eigenvalue weighted by Crippen LogP contribution is -2.36. The molecule has 0 unspecified atom stereocenters. The summed E-state index contributed by atoms with van der Waals surface area (Å²) in [6.45, 7) is 4.08. The third-order valence-electron chi connectivity index (χ3n) is 4.30. The molecule has 0 saturated heterocycles. The van der Waals surface area contributed by atoms with E-state index in [-0.39, 0.29) is 0 Å². The molecule has 1 saturated carbocycles. The molecule has 4 heteroatoms. The molecule has 20 heavy (non-hydrogen) atoms. The van der Waals surface area contributed by atoms with Gasteiger partial charge in [0.15, 0.2) is 0 Å². The van der Waals surface area contributed by atoms with Crippen LogP contribution in [0.5, 0.6) is 0 Å². The van der Waals surface area contributed by atoms with E-state index in [1.807, 2.05) is 6.07 Å². The number of hydrogen-bond acceptors (Lipinski definition) is 3. The van der Waals surface area contributed by atoms with Crippen LogP contribution in [0.15, 0.2) is 18.2 Å². The number of nitrogens with two attached hydrogens (primary N) is 2.